The van der Waals surface area contributed by atoms with Crippen LogP contribution in [0.1, 0.15) is 55.7 Å². The maximum absolute atomic E-state index is 6.22. The van der Waals surface area contributed by atoms with Gasteiger partial charge in [0, 0.05) is 23.7 Å². The molecule has 0 radical (unpaired) electrons. The fraction of sp³-hybridized carbons (Fsp3) is 0.625. The number of aryl methyl sites for hydroxylation is 1. The van der Waals surface area contributed by atoms with E-state index in [0.29, 0.717) is 12.6 Å². The summed E-state index contributed by atoms with van der Waals surface area (Å²) in [5.74, 6) is 0. The van der Waals surface area contributed by atoms with Gasteiger partial charge >= 0.3 is 0 Å². The van der Waals surface area contributed by atoms with Gasteiger partial charge in [0.1, 0.15) is 0 Å². The van der Waals surface area contributed by atoms with Crippen molar-refractivity contribution in [2.24, 2.45) is 5.73 Å². The van der Waals surface area contributed by atoms with E-state index in [1.165, 1.54) is 44.1 Å². The van der Waals surface area contributed by atoms with Crippen LogP contribution < -0.4 is 11.1 Å². The molecule has 0 bridgehead atoms. The Morgan fingerprint density at radius 2 is 1.95 bits per heavy atom. The van der Waals surface area contributed by atoms with E-state index in [9.17, 15) is 0 Å². The number of halogens is 1. The third-order valence-corrected chi connectivity index (χ3v) is 4.53. The minimum absolute atomic E-state index is 0.223. The maximum atomic E-state index is 6.22. The van der Waals surface area contributed by atoms with Gasteiger partial charge < -0.3 is 11.1 Å². The van der Waals surface area contributed by atoms with Crippen molar-refractivity contribution in [3.63, 3.8) is 0 Å². The summed E-state index contributed by atoms with van der Waals surface area (Å²) in [6.07, 6.45) is 7.98. The molecule has 1 aliphatic rings. The zero-order valence-electron chi connectivity index (χ0n) is 11.8. The van der Waals surface area contributed by atoms with E-state index in [0.717, 1.165) is 10.6 Å². The Balaban J connectivity index is 2.03. The van der Waals surface area contributed by atoms with E-state index in [1.54, 1.807) is 0 Å². The molecular formula is C16H25ClN2. The monoisotopic (exact) mass is 280 g/mol. The molecule has 0 spiro atoms. The van der Waals surface area contributed by atoms with Gasteiger partial charge in [-0.25, -0.2) is 0 Å². The van der Waals surface area contributed by atoms with Crippen LogP contribution in [0.4, 0.5) is 0 Å². The molecule has 1 unspecified atom stereocenters. The first-order valence-corrected chi connectivity index (χ1v) is 7.80. The lowest BCUT2D eigenvalue weighted by Crippen LogP contribution is -2.36. The molecule has 0 aromatic heterocycles. The normalized spacial score (nSPS) is 19.1. The number of benzene rings is 1. The molecule has 1 saturated carbocycles. The molecule has 2 rings (SSSR count). The predicted octanol–water partition coefficient (Wildman–Crippen LogP) is 3.96. The van der Waals surface area contributed by atoms with E-state index in [4.69, 9.17) is 17.3 Å². The number of hydrogen-bond acceptors (Lipinski definition) is 2. The summed E-state index contributed by atoms with van der Waals surface area (Å²) >= 11 is 6.22. The van der Waals surface area contributed by atoms with Crippen LogP contribution in [0.15, 0.2) is 18.2 Å². The Hall–Kier alpha value is -0.570. The summed E-state index contributed by atoms with van der Waals surface area (Å²) in [5.41, 5.74) is 8.28. The first-order chi connectivity index (χ1) is 9.20. The number of rotatable bonds is 4. The lowest BCUT2D eigenvalue weighted by molar-refractivity contribution is 0.402. The molecule has 19 heavy (non-hydrogen) atoms. The highest BCUT2D eigenvalue weighted by atomic mass is 35.5. The molecule has 2 nitrogen and oxygen atoms in total. The highest BCUT2D eigenvalue weighted by Crippen LogP contribution is 2.24. The average molecular weight is 281 g/mol. The molecule has 1 fully saturated rings. The van der Waals surface area contributed by atoms with Gasteiger partial charge in [-0.15, -0.1) is 0 Å². The average Bonchev–Trinajstić information content (AvgIpc) is 2.68. The van der Waals surface area contributed by atoms with E-state index in [1.807, 2.05) is 6.92 Å². The molecule has 0 aliphatic heterocycles. The van der Waals surface area contributed by atoms with Crippen LogP contribution in [-0.4, -0.2) is 12.6 Å². The molecule has 0 saturated heterocycles. The predicted molar refractivity (Wildman–Crippen MR) is 82.6 cm³/mol. The minimum Gasteiger partial charge on any atom is -0.329 e. The number of hydrogen-bond donors (Lipinski definition) is 2. The smallest absolute Gasteiger partial charge is 0.0447 e. The summed E-state index contributed by atoms with van der Waals surface area (Å²) in [4.78, 5) is 0. The summed E-state index contributed by atoms with van der Waals surface area (Å²) in [5, 5.41) is 4.56. The van der Waals surface area contributed by atoms with Crippen LogP contribution in [-0.2, 0) is 0 Å². The Labute approximate surface area is 121 Å². The van der Waals surface area contributed by atoms with Gasteiger partial charge in [-0.05, 0) is 37.0 Å². The van der Waals surface area contributed by atoms with Gasteiger partial charge in [-0.3, -0.25) is 0 Å². The lowest BCUT2D eigenvalue weighted by atomic mass is 10.0. The van der Waals surface area contributed by atoms with E-state index < -0.39 is 0 Å². The van der Waals surface area contributed by atoms with Gasteiger partial charge in [0.25, 0.3) is 0 Å². The largest absolute Gasteiger partial charge is 0.329 e. The van der Waals surface area contributed by atoms with E-state index in [-0.39, 0.29) is 6.04 Å². The second kappa shape index (κ2) is 7.28. The fourth-order valence-corrected chi connectivity index (χ4v) is 3.05. The Morgan fingerprint density at radius 3 is 2.53 bits per heavy atom. The molecule has 3 heteroatoms. The van der Waals surface area contributed by atoms with E-state index in [2.05, 4.69) is 23.5 Å². The summed E-state index contributed by atoms with van der Waals surface area (Å²) in [7, 11) is 0. The Bertz CT molecular complexity index is 398. The van der Waals surface area contributed by atoms with Gasteiger partial charge in [-0.2, -0.15) is 0 Å². The van der Waals surface area contributed by atoms with Crippen LogP contribution in [0, 0.1) is 6.92 Å². The highest BCUT2D eigenvalue weighted by Gasteiger charge is 2.17. The first kappa shape index (κ1) is 14.8. The van der Waals surface area contributed by atoms with Crippen molar-refractivity contribution in [2.45, 2.75) is 57.5 Å². The third-order valence-electron chi connectivity index (χ3n) is 4.13. The SMILES string of the molecule is Cc1ccc(C(CN)NC2CCCCCC2)cc1Cl. The molecule has 3 N–H and O–H groups in total. The standard InChI is InChI=1S/C16H25ClN2/c1-12-8-9-13(10-15(12)17)16(11-18)19-14-6-4-2-3-5-7-14/h8-10,14,16,19H,2-7,11,18H2,1H3. The molecule has 1 aliphatic carbocycles. The summed E-state index contributed by atoms with van der Waals surface area (Å²) in [6.45, 7) is 2.65. The topological polar surface area (TPSA) is 38.0 Å². The summed E-state index contributed by atoms with van der Waals surface area (Å²) in [6, 6.07) is 7.10. The summed E-state index contributed by atoms with van der Waals surface area (Å²) < 4.78 is 0. The Morgan fingerprint density at radius 1 is 1.26 bits per heavy atom. The van der Waals surface area contributed by atoms with E-state index >= 15 is 0 Å². The first-order valence-electron chi connectivity index (χ1n) is 7.43. The van der Waals surface area contributed by atoms with Crippen molar-refractivity contribution >= 4 is 11.6 Å². The van der Waals surface area contributed by atoms with Gasteiger partial charge in [-0.1, -0.05) is 49.4 Å². The van der Waals surface area contributed by atoms with Crippen molar-refractivity contribution in [1.29, 1.82) is 0 Å². The zero-order chi connectivity index (χ0) is 13.7. The van der Waals surface area contributed by atoms with Crippen LogP contribution >= 0.6 is 11.6 Å². The molecule has 106 valence electrons. The minimum atomic E-state index is 0.223. The lowest BCUT2D eigenvalue weighted by Gasteiger charge is -2.24. The third kappa shape index (κ3) is 4.20. The van der Waals surface area contributed by atoms with Crippen LogP contribution in [0.25, 0.3) is 0 Å². The van der Waals surface area contributed by atoms with Crippen molar-refractivity contribution in [1.82, 2.24) is 5.32 Å². The second-order valence-corrected chi connectivity index (χ2v) is 6.06. The quantitative estimate of drug-likeness (QED) is 0.819. The van der Waals surface area contributed by atoms with Crippen molar-refractivity contribution in [3.8, 4) is 0 Å². The molecule has 1 aromatic carbocycles. The molecule has 1 aromatic rings. The van der Waals surface area contributed by atoms with Gasteiger partial charge in [0.15, 0.2) is 0 Å². The van der Waals surface area contributed by atoms with Crippen molar-refractivity contribution < 1.29 is 0 Å². The van der Waals surface area contributed by atoms with Crippen LogP contribution in [0.5, 0.6) is 0 Å². The highest BCUT2D eigenvalue weighted by molar-refractivity contribution is 6.31. The van der Waals surface area contributed by atoms with Crippen molar-refractivity contribution in [3.05, 3.63) is 34.3 Å². The molecule has 0 heterocycles. The molecule has 1 atom stereocenters. The van der Waals surface area contributed by atoms with Gasteiger partial charge in [0.2, 0.25) is 0 Å². The zero-order valence-corrected chi connectivity index (χ0v) is 12.5. The molecule has 0 amide bonds. The van der Waals surface area contributed by atoms with Crippen LogP contribution in [0.2, 0.25) is 5.02 Å². The molecular weight excluding hydrogens is 256 g/mol. The Kier molecular flexibility index (Phi) is 5.68. The second-order valence-electron chi connectivity index (χ2n) is 5.65. The van der Waals surface area contributed by atoms with Crippen LogP contribution in [0.3, 0.4) is 0 Å². The van der Waals surface area contributed by atoms with Crippen molar-refractivity contribution in [2.75, 3.05) is 6.54 Å². The van der Waals surface area contributed by atoms with Gasteiger partial charge in [0.05, 0.1) is 0 Å². The fourth-order valence-electron chi connectivity index (χ4n) is 2.86. The number of nitrogens with two attached hydrogens (primary N) is 1. The number of nitrogens with one attached hydrogen (secondary N) is 1. The maximum Gasteiger partial charge on any atom is 0.0447 e.